The Balaban J connectivity index is 1.59. The summed E-state index contributed by atoms with van der Waals surface area (Å²) >= 11 is 7.97. The van der Waals surface area contributed by atoms with Gasteiger partial charge in [0.2, 0.25) is 10.0 Å². The molecule has 0 radical (unpaired) electrons. The standard InChI is InChI=1S/C27H27ClN2O5S3/c1-17(31)13-18-9-11-29-24(14-18)22-7-4-5-19-15-25(36-27(19)22)26(21-6-2-3-8-23(21)28)30-38(34,35)20-10-12-37(32,33)16-20/h2-9,11,14-15,17,20,26,30-31H,10,12-13,16H2,1H3. The number of hydrogen-bond donors (Lipinski definition) is 2. The van der Waals surface area contributed by atoms with Crippen LogP contribution in [0.2, 0.25) is 5.02 Å². The molecular weight excluding hydrogens is 564 g/mol. The maximum absolute atomic E-state index is 13.4. The monoisotopic (exact) mass is 590 g/mol. The first kappa shape index (κ1) is 27.2. The van der Waals surface area contributed by atoms with Crippen molar-refractivity contribution in [2.24, 2.45) is 0 Å². The second-order valence-corrected chi connectivity index (χ2v) is 15.3. The fourth-order valence-corrected chi connectivity index (χ4v) is 10.6. The molecule has 2 N–H and O–H groups in total. The lowest BCUT2D eigenvalue weighted by molar-refractivity contribution is 0.195. The third-order valence-electron chi connectivity index (χ3n) is 6.61. The summed E-state index contributed by atoms with van der Waals surface area (Å²) in [5.41, 5.74) is 3.21. The van der Waals surface area contributed by atoms with Crippen LogP contribution < -0.4 is 4.72 Å². The van der Waals surface area contributed by atoms with Crippen LogP contribution in [0.5, 0.6) is 0 Å². The highest BCUT2D eigenvalue weighted by Gasteiger charge is 2.39. The fraction of sp³-hybridized carbons (Fsp3) is 0.296. The molecule has 1 aliphatic heterocycles. The van der Waals surface area contributed by atoms with E-state index in [1.165, 1.54) is 11.3 Å². The van der Waals surface area contributed by atoms with Crippen molar-refractivity contribution in [1.29, 1.82) is 0 Å². The van der Waals surface area contributed by atoms with Gasteiger partial charge >= 0.3 is 0 Å². The molecule has 200 valence electrons. The van der Waals surface area contributed by atoms with Crippen LogP contribution in [0, 0.1) is 0 Å². The van der Waals surface area contributed by atoms with E-state index in [4.69, 9.17) is 11.6 Å². The smallest absolute Gasteiger partial charge is 0.216 e. The van der Waals surface area contributed by atoms with Gasteiger partial charge in [-0.25, -0.2) is 21.6 Å². The van der Waals surface area contributed by atoms with E-state index in [9.17, 15) is 21.9 Å². The SMILES string of the molecule is CC(O)Cc1ccnc(-c2cccc3cc(C(NS(=O)(=O)C4CCS(=O)(=O)C4)c4ccccc4Cl)sc23)c1. The van der Waals surface area contributed by atoms with Crippen LogP contribution in [-0.4, -0.2) is 49.8 Å². The van der Waals surface area contributed by atoms with Crippen molar-refractivity contribution in [3.63, 3.8) is 0 Å². The van der Waals surface area contributed by atoms with E-state index < -0.39 is 37.3 Å². The molecule has 5 rings (SSSR count). The molecule has 0 amide bonds. The van der Waals surface area contributed by atoms with E-state index in [0.717, 1.165) is 31.8 Å². The summed E-state index contributed by atoms with van der Waals surface area (Å²) in [4.78, 5) is 5.28. The Hall–Kier alpha value is -2.34. The highest BCUT2D eigenvalue weighted by atomic mass is 35.5. The molecule has 4 aromatic rings. The molecular formula is C27H27ClN2O5S3. The molecule has 0 bridgehead atoms. The first-order chi connectivity index (χ1) is 18.0. The average molecular weight is 591 g/mol. The molecule has 3 heterocycles. The zero-order valence-electron chi connectivity index (χ0n) is 20.5. The average Bonchev–Trinajstić information content (AvgIpc) is 3.46. The quantitative estimate of drug-likeness (QED) is 0.307. The molecule has 0 spiro atoms. The maximum atomic E-state index is 13.4. The Labute approximate surface area is 231 Å². The van der Waals surface area contributed by atoms with Crippen LogP contribution >= 0.6 is 22.9 Å². The van der Waals surface area contributed by atoms with Gasteiger partial charge in [0.15, 0.2) is 9.84 Å². The second kappa shape index (κ2) is 10.7. The molecule has 7 nitrogen and oxygen atoms in total. The topological polar surface area (TPSA) is 113 Å². The van der Waals surface area contributed by atoms with E-state index in [1.54, 1.807) is 37.4 Å². The number of pyridine rings is 1. The van der Waals surface area contributed by atoms with E-state index in [1.807, 2.05) is 36.4 Å². The number of benzene rings is 2. The number of nitrogens with zero attached hydrogens (tertiary/aromatic N) is 1. The molecule has 0 aliphatic carbocycles. The summed E-state index contributed by atoms with van der Waals surface area (Å²) < 4.78 is 54.5. The number of sulfonamides is 1. The highest BCUT2D eigenvalue weighted by Crippen LogP contribution is 2.40. The minimum absolute atomic E-state index is 0.0674. The zero-order chi connectivity index (χ0) is 27.1. The van der Waals surface area contributed by atoms with Crippen LogP contribution in [0.4, 0.5) is 0 Å². The van der Waals surface area contributed by atoms with Crippen LogP contribution in [-0.2, 0) is 26.3 Å². The number of aromatic nitrogens is 1. The molecule has 1 fully saturated rings. The number of aliphatic hydroxyl groups excluding tert-OH is 1. The van der Waals surface area contributed by atoms with Gasteiger partial charge in [-0.2, -0.15) is 0 Å². The number of thiophene rings is 1. The van der Waals surface area contributed by atoms with Crippen molar-refractivity contribution in [3.05, 3.63) is 87.9 Å². The van der Waals surface area contributed by atoms with Crippen LogP contribution in [0.15, 0.2) is 66.9 Å². The Bertz CT molecular complexity index is 1700. The molecule has 2 aromatic heterocycles. The summed E-state index contributed by atoms with van der Waals surface area (Å²) in [7, 11) is -7.36. The van der Waals surface area contributed by atoms with Gasteiger partial charge < -0.3 is 5.11 Å². The van der Waals surface area contributed by atoms with Gasteiger partial charge in [-0.3, -0.25) is 4.98 Å². The van der Waals surface area contributed by atoms with Gasteiger partial charge in [-0.15, -0.1) is 11.3 Å². The number of hydrogen-bond acceptors (Lipinski definition) is 7. The molecule has 0 saturated carbocycles. The van der Waals surface area contributed by atoms with Gasteiger partial charge in [0, 0.05) is 26.4 Å². The van der Waals surface area contributed by atoms with E-state index in [0.29, 0.717) is 17.0 Å². The molecule has 38 heavy (non-hydrogen) atoms. The molecule has 1 aliphatic rings. The number of rotatable bonds is 8. The zero-order valence-corrected chi connectivity index (χ0v) is 23.7. The lowest BCUT2D eigenvalue weighted by Gasteiger charge is -2.21. The number of aliphatic hydroxyl groups is 1. The van der Waals surface area contributed by atoms with Crippen molar-refractivity contribution in [1.82, 2.24) is 9.71 Å². The third-order valence-corrected chi connectivity index (χ3v) is 12.0. The lowest BCUT2D eigenvalue weighted by Crippen LogP contribution is -2.37. The second-order valence-electron chi connectivity index (χ2n) is 9.62. The van der Waals surface area contributed by atoms with Crippen LogP contribution in [0.1, 0.15) is 35.4 Å². The molecule has 1 saturated heterocycles. The van der Waals surface area contributed by atoms with E-state index in [-0.39, 0.29) is 17.9 Å². The molecule has 3 atom stereocenters. The lowest BCUT2D eigenvalue weighted by atomic mass is 10.0. The van der Waals surface area contributed by atoms with Crippen LogP contribution in [0.25, 0.3) is 21.3 Å². The van der Waals surface area contributed by atoms with Gasteiger partial charge in [0.1, 0.15) is 0 Å². The number of halogens is 1. The molecule has 2 aromatic carbocycles. The maximum Gasteiger partial charge on any atom is 0.216 e. The highest BCUT2D eigenvalue weighted by molar-refractivity contribution is 7.95. The van der Waals surface area contributed by atoms with Gasteiger partial charge in [-0.1, -0.05) is 48.0 Å². The van der Waals surface area contributed by atoms with Crippen molar-refractivity contribution in [3.8, 4) is 11.3 Å². The Morgan fingerprint density at radius 3 is 2.66 bits per heavy atom. The van der Waals surface area contributed by atoms with Gasteiger partial charge in [-0.05, 0) is 60.5 Å². The van der Waals surface area contributed by atoms with Gasteiger partial charge in [0.25, 0.3) is 0 Å². The summed E-state index contributed by atoms with van der Waals surface area (Å²) in [6.45, 7) is 1.74. The van der Waals surface area contributed by atoms with E-state index in [2.05, 4.69) is 9.71 Å². The fourth-order valence-electron chi connectivity index (χ4n) is 4.77. The summed E-state index contributed by atoms with van der Waals surface area (Å²) in [6.07, 6.45) is 1.82. The summed E-state index contributed by atoms with van der Waals surface area (Å²) in [5, 5.41) is 10.1. The largest absolute Gasteiger partial charge is 0.393 e. The Morgan fingerprint density at radius 1 is 1.16 bits per heavy atom. The van der Waals surface area contributed by atoms with Gasteiger partial charge in [0.05, 0.1) is 34.6 Å². The van der Waals surface area contributed by atoms with E-state index >= 15 is 0 Å². The van der Waals surface area contributed by atoms with Crippen LogP contribution in [0.3, 0.4) is 0 Å². The van der Waals surface area contributed by atoms with Crippen molar-refractivity contribution < 1.29 is 21.9 Å². The summed E-state index contributed by atoms with van der Waals surface area (Å²) in [5.74, 6) is -0.523. The number of fused-ring (bicyclic) bond motifs is 1. The first-order valence-corrected chi connectivity index (χ1v) is 16.7. The molecule has 3 unspecified atom stereocenters. The third kappa shape index (κ3) is 5.80. The predicted octanol–water partition coefficient (Wildman–Crippen LogP) is 4.74. The number of nitrogens with one attached hydrogen (secondary N) is 1. The minimum Gasteiger partial charge on any atom is -0.393 e. The normalized spacial score (nSPS) is 19.0. The van der Waals surface area contributed by atoms with Crippen molar-refractivity contribution in [2.45, 2.75) is 37.2 Å². The minimum atomic E-state index is -3.98. The number of sulfone groups is 1. The Kier molecular flexibility index (Phi) is 7.65. The predicted molar refractivity (Wildman–Crippen MR) is 153 cm³/mol. The van der Waals surface area contributed by atoms with Crippen molar-refractivity contribution >= 4 is 52.9 Å². The first-order valence-electron chi connectivity index (χ1n) is 12.1. The molecule has 11 heteroatoms. The van der Waals surface area contributed by atoms with Crippen molar-refractivity contribution in [2.75, 3.05) is 11.5 Å². The Morgan fingerprint density at radius 2 is 1.95 bits per heavy atom. The summed E-state index contributed by atoms with van der Waals surface area (Å²) in [6, 6.07) is 17.9.